The molecule has 0 bridgehead atoms. The van der Waals surface area contributed by atoms with Crippen molar-refractivity contribution in [2.24, 2.45) is 0 Å². The zero-order valence-electron chi connectivity index (χ0n) is 15.8. The van der Waals surface area contributed by atoms with Gasteiger partial charge in [-0.1, -0.05) is 18.2 Å². The van der Waals surface area contributed by atoms with E-state index in [4.69, 9.17) is 0 Å². The number of hydrogen-bond acceptors (Lipinski definition) is 4. The molecule has 29 heavy (non-hydrogen) atoms. The van der Waals surface area contributed by atoms with Crippen LogP contribution in [0.5, 0.6) is 0 Å². The average molecular weight is 426 g/mol. The summed E-state index contributed by atoms with van der Waals surface area (Å²) >= 11 is 0. The van der Waals surface area contributed by atoms with Gasteiger partial charge in [-0.2, -0.15) is 0 Å². The van der Waals surface area contributed by atoms with Gasteiger partial charge in [-0.25, -0.2) is 18.4 Å². The van der Waals surface area contributed by atoms with E-state index >= 15 is 0 Å². The molecule has 0 saturated carbocycles. The van der Waals surface area contributed by atoms with Gasteiger partial charge in [0.05, 0.1) is 18.7 Å². The molecule has 0 radical (unpaired) electrons. The second-order valence-corrected chi connectivity index (χ2v) is 6.42. The fourth-order valence-corrected chi connectivity index (χ4v) is 3.14. The monoisotopic (exact) mass is 425 g/mol. The maximum Gasteiger partial charge on any atom is 0.337 e. The van der Waals surface area contributed by atoms with Crippen molar-refractivity contribution >= 4 is 24.4 Å². The Bertz CT molecular complexity index is 865. The molecule has 1 aliphatic heterocycles. The number of carbonyl (C=O) groups is 2. The summed E-state index contributed by atoms with van der Waals surface area (Å²) in [5, 5.41) is 5.93. The van der Waals surface area contributed by atoms with Crippen LogP contribution in [0.25, 0.3) is 0 Å². The molecule has 6 nitrogen and oxygen atoms in total. The molecule has 1 fully saturated rings. The maximum atomic E-state index is 14.2. The Morgan fingerprint density at radius 2 is 1.93 bits per heavy atom. The molecule has 0 aliphatic carbocycles. The quantitative estimate of drug-likeness (QED) is 0.739. The lowest BCUT2D eigenvalue weighted by atomic mass is 10.0. The largest absolute Gasteiger partial charge is 0.465 e. The number of esters is 1. The normalized spacial score (nSPS) is 16.0. The Hall–Kier alpha value is -2.71. The number of halogens is 3. The van der Waals surface area contributed by atoms with Crippen LogP contribution < -0.4 is 10.6 Å². The van der Waals surface area contributed by atoms with Crippen molar-refractivity contribution in [2.75, 3.05) is 26.7 Å². The first-order chi connectivity index (χ1) is 13.5. The third-order valence-electron chi connectivity index (χ3n) is 4.66. The average Bonchev–Trinajstić information content (AvgIpc) is 2.72. The highest BCUT2D eigenvalue weighted by Gasteiger charge is 2.27. The molecule has 1 heterocycles. The molecule has 3 rings (SSSR count). The van der Waals surface area contributed by atoms with E-state index in [2.05, 4.69) is 15.4 Å². The van der Waals surface area contributed by atoms with Crippen molar-refractivity contribution in [1.82, 2.24) is 15.5 Å². The first kappa shape index (κ1) is 22.6. The van der Waals surface area contributed by atoms with Crippen molar-refractivity contribution < 1.29 is 23.1 Å². The Kier molecular flexibility index (Phi) is 7.92. The third kappa shape index (κ3) is 5.42. The topological polar surface area (TPSA) is 70.7 Å². The summed E-state index contributed by atoms with van der Waals surface area (Å²) < 4.78 is 31.9. The highest BCUT2D eigenvalue weighted by atomic mass is 35.5. The Labute approximate surface area is 173 Å². The molecular weight excluding hydrogens is 404 g/mol. The minimum absolute atomic E-state index is 0. The smallest absolute Gasteiger partial charge is 0.337 e. The Morgan fingerprint density at radius 3 is 2.59 bits per heavy atom. The predicted molar refractivity (Wildman–Crippen MR) is 106 cm³/mol. The molecule has 156 valence electrons. The summed E-state index contributed by atoms with van der Waals surface area (Å²) in [6.07, 6.45) is 0. The van der Waals surface area contributed by atoms with Crippen LogP contribution in [0.15, 0.2) is 42.5 Å². The molecule has 1 atom stereocenters. The van der Waals surface area contributed by atoms with Crippen LogP contribution in [0.4, 0.5) is 13.6 Å². The van der Waals surface area contributed by atoms with E-state index in [-0.39, 0.29) is 48.0 Å². The number of nitrogens with one attached hydrogen (secondary N) is 2. The number of amides is 2. The van der Waals surface area contributed by atoms with Crippen molar-refractivity contribution in [3.05, 3.63) is 70.8 Å². The van der Waals surface area contributed by atoms with Gasteiger partial charge in [-0.05, 0) is 29.8 Å². The zero-order chi connectivity index (χ0) is 20.1. The molecular formula is C20H22ClF2N3O3. The first-order valence-corrected chi connectivity index (χ1v) is 8.87. The number of piperazine rings is 1. The number of urea groups is 1. The lowest BCUT2D eigenvalue weighted by Crippen LogP contribution is -2.51. The van der Waals surface area contributed by atoms with E-state index in [9.17, 15) is 18.4 Å². The van der Waals surface area contributed by atoms with Gasteiger partial charge in [0.15, 0.2) is 0 Å². The van der Waals surface area contributed by atoms with Crippen LogP contribution in [0.2, 0.25) is 0 Å². The number of carbonyl (C=O) groups excluding carboxylic acids is 2. The number of methoxy groups -OCH3 is 1. The lowest BCUT2D eigenvalue weighted by molar-refractivity contribution is 0.0600. The predicted octanol–water partition coefficient (Wildman–Crippen LogP) is 3.03. The molecule has 0 aromatic heterocycles. The van der Waals surface area contributed by atoms with Crippen molar-refractivity contribution in [3.8, 4) is 0 Å². The molecule has 9 heteroatoms. The van der Waals surface area contributed by atoms with Crippen molar-refractivity contribution in [2.45, 2.75) is 12.6 Å². The molecule has 1 aliphatic rings. The van der Waals surface area contributed by atoms with E-state index < -0.39 is 11.8 Å². The van der Waals surface area contributed by atoms with Crippen LogP contribution in [-0.4, -0.2) is 43.6 Å². The Morgan fingerprint density at radius 1 is 1.21 bits per heavy atom. The minimum atomic E-state index is -0.627. The van der Waals surface area contributed by atoms with E-state index in [1.807, 2.05) is 0 Å². The van der Waals surface area contributed by atoms with Gasteiger partial charge >= 0.3 is 12.0 Å². The highest BCUT2D eigenvalue weighted by Crippen LogP contribution is 2.22. The van der Waals surface area contributed by atoms with Gasteiger partial charge in [0.2, 0.25) is 0 Å². The maximum absolute atomic E-state index is 14.2. The minimum Gasteiger partial charge on any atom is -0.465 e. The van der Waals surface area contributed by atoms with E-state index in [0.717, 1.165) is 11.6 Å². The molecule has 2 N–H and O–H groups in total. The Balaban J connectivity index is 0.00000300. The van der Waals surface area contributed by atoms with E-state index in [1.165, 1.54) is 31.4 Å². The van der Waals surface area contributed by atoms with Gasteiger partial charge in [0.1, 0.15) is 11.6 Å². The molecule has 1 saturated heterocycles. The van der Waals surface area contributed by atoms with Crippen molar-refractivity contribution in [3.63, 3.8) is 0 Å². The van der Waals surface area contributed by atoms with Crippen molar-refractivity contribution in [1.29, 1.82) is 0 Å². The summed E-state index contributed by atoms with van der Waals surface area (Å²) in [4.78, 5) is 25.8. The van der Waals surface area contributed by atoms with Crippen LogP contribution in [0.1, 0.15) is 27.5 Å². The SMILES string of the molecule is COC(=O)c1ccc(CNC(=O)N2CCNCC2c2ccc(F)cc2)c(F)c1.Cl. The summed E-state index contributed by atoms with van der Waals surface area (Å²) in [5.41, 5.74) is 1.18. The molecule has 1 unspecified atom stereocenters. The van der Waals surface area contributed by atoms with Gasteiger partial charge in [-0.3, -0.25) is 0 Å². The number of ether oxygens (including phenoxy) is 1. The van der Waals surface area contributed by atoms with Crippen LogP contribution >= 0.6 is 12.4 Å². The van der Waals surface area contributed by atoms with Crippen LogP contribution in [0.3, 0.4) is 0 Å². The third-order valence-corrected chi connectivity index (χ3v) is 4.66. The number of hydrogen-bond donors (Lipinski definition) is 2. The van der Waals surface area contributed by atoms with Crippen LogP contribution in [-0.2, 0) is 11.3 Å². The van der Waals surface area contributed by atoms with E-state index in [1.54, 1.807) is 17.0 Å². The summed E-state index contributed by atoms with van der Waals surface area (Å²) in [6.45, 7) is 1.62. The van der Waals surface area contributed by atoms with Crippen LogP contribution in [0, 0.1) is 11.6 Å². The lowest BCUT2D eigenvalue weighted by Gasteiger charge is -2.36. The number of benzene rings is 2. The fourth-order valence-electron chi connectivity index (χ4n) is 3.14. The molecule has 0 spiro atoms. The van der Waals surface area contributed by atoms with Gasteiger partial charge in [0, 0.05) is 31.7 Å². The summed E-state index contributed by atoms with van der Waals surface area (Å²) in [5.74, 6) is -1.56. The highest BCUT2D eigenvalue weighted by molar-refractivity contribution is 5.89. The zero-order valence-corrected chi connectivity index (χ0v) is 16.6. The number of nitrogens with zero attached hydrogens (tertiary/aromatic N) is 1. The van der Waals surface area contributed by atoms with Gasteiger partial charge < -0.3 is 20.3 Å². The fraction of sp³-hybridized carbons (Fsp3) is 0.300. The standard InChI is InChI=1S/C20H21F2N3O3.ClH/c1-28-19(26)14-2-3-15(17(22)10-14)11-24-20(27)25-9-8-23-12-18(25)13-4-6-16(21)7-5-13;/h2-7,10,18,23H,8-9,11-12H2,1H3,(H,24,27);1H. The second-order valence-electron chi connectivity index (χ2n) is 6.42. The second kappa shape index (κ2) is 10.2. The van der Waals surface area contributed by atoms with E-state index in [0.29, 0.717) is 19.6 Å². The van der Waals surface area contributed by atoms with Gasteiger partial charge in [0.25, 0.3) is 0 Å². The first-order valence-electron chi connectivity index (χ1n) is 8.87. The summed E-state index contributed by atoms with van der Waals surface area (Å²) in [6, 6.07) is 9.40. The summed E-state index contributed by atoms with van der Waals surface area (Å²) in [7, 11) is 1.22. The molecule has 2 aromatic rings. The van der Waals surface area contributed by atoms with Gasteiger partial charge in [-0.15, -0.1) is 12.4 Å². The number of rotatable bonds is 4. The molecule has 2 amide bonds. The molecule has 2 aromatic carbocycles.